The number of thiophene rings is 1. The molecule has 1 atom stereocenters. The van der Waals surface area contributed by atoms with Crippen LogP contribution in [0, 0.1) is 0 Å². The first-order valence-electron chi connectivity index (χ1n) is 5.13. The standard InChI is InChI=1S/C11H17NS/c1-8(12)10-7-13-11-6-4-2-3-5-9(10)11/h7-8H,2-6,12H2,1H3. The zero-order valence-electron chi connectivity index (χ0n) is 8.18. The topological polar surface area (TPSA) is 26.0 Å². The van der Waals surface area contributed by atoms with Crippen LogP contribution in [0.25, 0.3) is 0 Å². The van der Waals surface area contributed by atoms with Gasteiger partial charge in [-0.25, -0.2) is 0 Å². The van der Waals surface area contributed by atoms with Gasteiger partial charge in [0, 0.05) is 10.9 Å². The summed E-state index contributed by atoms with van der Waals surface area (Å²) >= 11 is 1.91. The third-order valence-corrected chi connectivity index (χ3v) is 3.94. The number of hydrogen-bond donors (Lipinski definition) is 1. The second-order valence-corrected chi connectivity index (χ2v) is 4.91. The normalized spacial score (nSPS) is 19.2. The van der Waals surface area contributed by atoms with Gasteiger partial charge < -0.3 is 5.73 Å². The number of nitrogens with two attached hydrogens (primary N) is 1. The molecule has 0 aliphatic heterocycles. The minimum Gasteiger partial charge on any atom is -0.324 e. The summed E-state index contributed by atoms with van der Waals surface area (Å²) in [4.78, 5) is 1.60. The molecule has 2 N–H and O–H groups in total. The van der Waals surface area contributed by atoms with Gasteiger partial charge in [0.25, 0.3) is 0 Å². The van der Waals surface area contributed by atoms with Crippen LogP contribution in [0.4, 0.5) is 0 Å². The molecule has 1 aromatic heterocycles. The van der Waals surface area contributed by atoms with Crippen molar-refractivity contribution in [2.45, 2.75) is 45.1 Å². The molecule has 1 nitrogen and oxygen atoms in total. The van der Waals surface area contributed by atoms with Gasteiger partial charge in [-0.1, -0.05) is 6.42 Å². The van der Waals surface area contributed by atoms with E-state index in [9.17, 15) is 0 Å². The third-order valence-electron chi connectivity index (χ3n) is 2.83. The van der Waals surface area contributed by atoms with E-state index in [-0.39, 0.29) is 6.04 Å². The number of aryl methyl sites for hydroxylation is 1. The van der Waals surface area contributed by atoms with E-state index in [0.29, 0.717) is 0 Å². The molecule has 1 aliphatic rings. The fourth-order valence-corrected chi connectivity index (χ4v) is 3.33. The van der Waals surface area contributed by atoms with E-state index in [1.165, 1.54) is 37.7 Å². The van der Waals surface area contributed by atoms with Crippen molar-refractivity contribution in [1.29, 1.82) is 0 Å². The number of fused-ring (bicyclic) bond motifs is 1. The first-order chi connectivity index (χ1) is 6.29. The van der Waals surface area contributed by atoms with Crippen molar-refractivity contribution >= 4 is 11.3 Å². The molecule has 0 saturated heterocycles. The average Bonchev–Trinajstić information content (AvgIpc) is 2.36. The lowest BCUT2D eigenvalue weighted by atomic mass is 10.0. The summed E-state index contributed by atoms with van der Waals surface area (Å²) in [5.74, 6) is 0. The molecule has 0 fully saturated rings. The molecule has 2 heteroatoms. The maximum atomic E-state index is 5.94. The van der Waals surface area contributed by atoms with Gasteiger partial charge in [-0.05, 0) is 49.1 Å². The molecule has 13 heavy (non-hydrogen) atoms. The van der Waals surface area contributed by atoms with Gasteiger partial charge in [0.05, 0.1) is 0 Å². The van der Waals surface area contributed by atoms with Crippen molar-refractivity contribution in [3.63, 3.8) is 0 Å². The van der Waals surface area contributed by atoms with Crippen LogP contribution in [0.5, 0.6) is 0 Å². The van der Waals surface area contributed by atoms with Crippen molar-refractivity contribution < 1.29 is 0 Å². The highest BCUT2D eigenvalue weighted by Gasteiger charge is 2.15. The van der Waals surface area contributed by atoms with E-state index in [1.807, 2.05) is 11.3 Å². The molecule has 0 aromatic carbocycles. The van der Waals surface area contributed by atoms with Crippen molar-refractivity contribution in [2.75, 3.05) is 0 Å². The maximum Gasteiger partial charge on any atom is 0.0277 e. The molecule has 2 rings (SSSR count). The Balaban J connectivity index is 2.34. The van der Waals surface area contributed by atoms with Crippen molar-refractivity contribution in [2.24, 2.45) is 5.73 Å². The van der Waals surface area contributed by atoms with Gasteiger partial charge in [-0.15, -0.1) is 11.3 Å². The lowest BCUT2D eigenvalue weighted by Crippen LogP contribution is -2.06. The summed E-state index contributed by atoms with van der Waals surface area (Å²) in [5.41, 5.74) is 8.93. The molecule has 0 spiro atoms. The summed E-state index contributed by atoms with van der Waals surface area (Å²) in [7, 11) is 0. The summed E-state index contributed by atoms with van der Waals surface area (Å²) in [6.07, 6.45) is 6.65. The molecule has 0 bridgehead atoms. The van der Waals surface area contributed by atoms with Gasteiger partial charge in [0.1, 0.15) is 0 Å². The Morgan fingerprint density at radius 2 is 2.08 bits per heavy atom. The van der Waals surface area contributed by atoms with E-state index < -0.39 is 0 Å². The van der Waals surface area contributed by atoms with Gasteiger partial charge >= 0.3 is 0 Å². The van der Waals surface area contributed by atoms with E-state index in [1.54, 1.807) is 10.4 Å². The minimum absolute atomic E-state index is 0.220. The Labute approximate surface area is 84.0 Å². The van der Waals surface area contributed by atoms with Crippen molar-refractivity contribution in [3.8, 4) is 0 Å². The molecule has 0 saturated carbocycles. The van der Waals surface area contributed by atoms with Crippen molar-refractivity contribution in [1.82, 2.24) is 0 Å². The van der Waals surface area contributed by atoms with Crippen LogP contribution in [0.2, 0.25) is 0 Å². The average molecular weight is 195 g/mol. The zero-order chi connectivity index (χ0) is 9.26. The van der Waals surface area contributed by atoms with E-state index in [2.05, 4.69) is 12.3 Å². The molecule has 0 radical (unpaired) electrons. The predicted octanol–water partition coefficient (Wildman–Crippen LogP) is 3.04. The fourth-order valence-electron chi connectivity index (χ4n) is 2.08. The highest BCUT2D eigenvalue weighted by Crippen LogP contribution is 2.31. The molecule has 1 aromatic rings. The monoisotopic (exact) mass is 195 g/mol. The van der Waals surface area contributed by atoms with Gasteiger partial charge in [-0.3, -0.25) is 0 Å². The van der Waals surface area contributed by atoms with Crippen molar-refractivity contribution in [3.05, 3.63) is 21.4 Å². The summed E-state index contributed by atoms with van der Waals surface area (Å²) in [6, 6.07) is 0.220. The molecule has 0 amide bonds. The Morgan fingerprint density at radius 1 is 1.31 bits per heavy atom. The first kappa shape index (κ1) is 9.22. The molecule has 1 aliphatic carbocycles. The van der Waals surface area contributed by atoms with Crippen LogP contribution in [-0.2, 0) is 12.8 Å². The third kappa shape index (κ3) is 1.79. The number of rotatable bonds is 1. The van der Waals surface area contributed by atoms with Crippen LogP contribution in [-0.4, -0.2) is 0 Å². The predicted molar refractivity (Wildman–Crippen MR) is 58.2 cm³/mol. The van der Waals surface area contributed by atoms with Gasteiger partial charge in [0.15, 0.2) is 0 Å². The Morgan fingerprint density at radius 3 is 2.85 bits per heavy atom. The van der Waals surface area contributed by atoms with Gasteiger partial charge in [-0.2, -0.15) is 0 Å². The highest BCUT2D eigenvalue weighted by atomic mass is 32.1. The Bertz CT molecular complexity index is 288. The Kier molecular flexibility index (Phi) is 2.70. The lowest BCUT2D eigenvalue weighted by Gasteiger charge is -2.07. The molecular formula is C11H17NS. The number of hydrogen-bond acceptors (Lipinski definition) is 2. The summed E-state index contributed by atoms with van der Waals surface area (Å²) in [5, 5.41) is 2.26. The van der Waals surface area contributed by atoms with Gasteiger partial charge in [0.2, 0.25) is 0 Å². The second-order valence-electron chi connectivity index (χ2n) is 3.94. The first-order valence-corrected chi connectivity index (χ1v) is 6.01. The summed E-state index contributed by atoms with van der Waals surface area (Å²) in [6.45, 7) is 2.09. The van der Waals surface area contributed by atoms with Crippen LogP contribution < -0.4 is 5.73 Å². The molecule has 72 valence electrons. The summed E-state index contributed by atoms with van der Waals surface area (Å²) < 4.78 is 0. The SMILES string of the molecule is CC(N)c1csc2c1CCCCC2. The van der Waals surface area contributed by atoms with Crippen LogP contribution in [0.3, 0.4) is 0 Å². The fraction of sp³-hybridized carbons (Fsp3) is 0.636. The Hall–Kier alpha value is -0.340. The second kappa shape index (κ2) is 3.81. The van der Waals surface area contributed by atoms with E-state index in [4.69, 9.17) is 5.73 Å². The highest BCUT2D eigenvalue weighted by molar-refractivity contribution is 7.10. The molecular weight excluding hydrogens is 178 g/mol. The lowest BCUT2D eigenvalue weighted by molar-refractivity contribution is 0.707. The van der Waals surface area contributed by atoms with E-state index in [0.717, 1.165) is 0 Å². The quantitative estimate of drug-likeness (QED) is 0.685. The molecule has 1 heterocycles. The largest absolute Gasteiger partial charge is 0.324 e. The van der Waals surface area contributed by atoms with Crippen LogP contribution in [0.15, 0.2) is 5.38 Å². The maximum absolute atomic E-state index is 5.94. The molecule has 1 unspecified atom stereocenters. The zero-order valence-corrected chi connectivity index (χ0v) is 8.99. The van der Waals surface area contributed by atoms with E-state index >= 15 is 0 Å². The smallest absolute Gasteiger partial charge is 0.0277 e. The van der Waals surface area contributed by atoms with Crippen LogP contribution in [0.1, 0.15) is 48.2 Å². The van der Waals surface area contributed by atoms with Crippen LogP contribution >= 0.6 is 11.3 Å². The minimum atomic E-state index is 0.220.